The first-order valence-corrected chi connectivity index (χ1v) is 6.00. The van der Waals surface area contributed by atoms with E-state index in [0.29, 0.717) is 0 Å². The number of esters is 1. The van der Waals surface area contributed by atoms with Crippen molar-refractivity contribution in [3.63, 3.8) is 0 Å². The van der Waals surface area contributed by atoms with E-state index in [1.165, 1.54) is 12.4 Å². The van der Waals surface area contributed by atoms with Crippen molar-refractivity contribution >= 4 is 11.9 Å². The largest absolute Gasteiger partial charge is 0.460 e. The van der Waals surface area contributed by atoms with Crippen molar-refractivity contribution in [2.24, 2.45) is 0 Å². The van der Waals surface area contributed by atoms with Crippen molar-refractivity contribution in [3.8, 4) is 0 Å². The monoisotopic (exact) mass is 271 g/mol. The molecule has 2 aromatic rings. The molecule has 0 bridgehead atoms. The summed E-state index contributed by atoms with van der Waals surface area (Å²) >= 11 is 0. The van der Waals surface area contributed by atoms with Crippen LogP contribution in [0.25, 0.3) is 0 Å². The first-order chi connectivity index (χ1) is 9.75. The van der Waals surface area contributed by atoms with Crippen LogP contribution in [0.2, 0.25) is 0 Å². The second-order valence-electron chi connectivity index (χ2n) is 3.90. The fourth-order valence-electron chi connectivity index (χ4n) is 1.44. The number of hydrogen-bond acceptors (Lipinski definition) is 5. The standard InChI is InChI=1S/C14H13N3O3/c18-12(20-10-11-5-2-1-3-6-11)9-17-14(19)13-15-7-4-8-16-13/h1-8H,9-10H2,(H,17,19). The molecule has 2 rings (SSSR count). The van der Waals surface area contributed by atoms with Gasteiger partial charge in [0, 0.05) is 12.4 Å². The molecule has 0 saturated heterocycles. The minimum atomic E-state index is -0.516. The minimum absolute atomic E-state index is 0.0170. The maximum atomic E-state index is 11.6. The van der Waals surface area contributed by atoms with Crippen molar-refractivity contribution < 1.29 is 14.3 Å². The van der Waals surface area contributed by atoms with Crippen LogP contribution in [0.1, 0.15) is 16.2 Å². The Labute approximate surface area is 115 Å². The number of ether oxygens (including phenoxy) is 1. The predicted octanol–water partition coefficient (Wildman–Crippen LogP) is 0.950. The second kappa shape index (κ2) is 6.98. The normalized spacial score (nSPS) is 9.80. The van der Waals surface area contributed by atoms with Crippen LogP contribution in [0.15, 0.2) is 48.8 Å². The first kappa shape index (κ1) is 13.7. The molecule has 0 aliphatic heterocycles. The second-order valence-corrected chi connectivity index (χ2v) is 3.90. The summed E-state index contributed by atoms with van der Waals surface area (Å²) in [7, 11) is 0. The van der Waals surface area contributed by atoms with Crippen LogP contribution >= 0.6 is 0 Å². The molecule has 0 aliphatic rings. The third-order valence-electron chi connectivity index (χ3n) is 2.40. The molecule has 0 radical (unpaired) electrons. The van der Waals surface area contributed by atoms with Crippen LogP contribution in [0.4, 0.5) is 0 Å². The number of nitrogens with one attached hydrogen (secondary N) is 1. The molecule has 6 nitrogen and oxygen atoms in total. The average molecular weight is 271 g/mol. The van der Waals surface area contributed by atoms with Gasteiger partial charge >= 0.3 is 5.97 Å². The number of carbonyl (C=O) groups is 2. The van der Waals surface area contributed by atoms with E-state index in [1.54, 1.807) is 6.07 Å². The first-order valence-electron chi connectivity index (χ1n) is 6.00. The van der Waals surface area contributed by atoms with Crippen molar-refractivity contribution in [2.75, 3.05) is 6.54 Å². The van der Waals surface area contributed by atoms with Gasteiger partial charge in [-0.2, -0.15) is 0 Å². The van der Waals surface area contributed by atoms with Crippen molar-refractivity contribution in [1.29, 1.82) is 0 Å². The molecule has 0 atom stereocenters. The van der Waals surface area contributed by atoms with Gasteiger partial charge in [0.15, 0.2) is 0 Å². The zero-order valence-electron chi connectivity index (χ0n) is 10.7. The van der Waals surface area contributed by atoms with Gasteiger partial charge in [0.1, 0.15) is 13.2 Å². The van der Waals surface area contributed by atoms with Gasteiger partial charge in [0.05, 0.1) is 0 Å². The maximum Gasteiger partial charge on any atom is 0.325 e. The SMILES string of the molecule is O=C(CNC(=O)c1ncccn1)OCc1ccccc1. The molecule has 0 spiro atoms. The number of rotatable bonds is 5. The van der Waals surface area contributed by atoms with Crippen LogP contribution in [-0.4, -0.2) is 28.4 Å². The van der Waals surface area contributed by atoms with Crippen molar-refractivity contribution in [1.82, 2.24) is 15.3 Å². The zero-order valence-corrected chi connectivity index (χ0v) is 10.7. The molecule has 1 heterocycles. The van der Waals surface area contributed by atoms with E-state index in [0.717, 1.165) is 5.56 Å². The van der Waals surface area contributed by atoms with Gasteiger partial charge in [0.2, 0.25) is 5.82 Å². The van der Waals surface area contributed by atoms with E-state index in [9.17, 15) is 9.59 Å². The lowest BCUT2D eigenvalue weighted by Crippen LogP contribution is -2.31. The lowest BCUT2D eigenvalue weighted by Gasteiger charge is -2.05. The van der Waals surface area contributed by atoms with Crippen LogP contribution in [0, 0.1) is 0 Å². The van der Waals surface area contributed by atoms with Crippen molar-refractivity contribution in [3.05, 3.63) is 60.2 Å². The number of nitrogens with zero attached hydrogens (tertiary/aromatic N) is 2. The zero-order chi connectivity index (χ0) is 14.2. The van der Waals surface area contributed by atoms with Gasteiger partial charge in [-0.25, -0.2) is 9.97 Å². The summed E-state index contributed by atoms with van der Waals surface area (Å²) in [6.45, 7) is -0.0404. The van der Waals surface area contributed by atoms with Gasteiger partial charge in [-0.3, -0.25) is 9.59 Å². The van der Waals surface area contributed by atoms with Gasteiger partial charge < -0.3 is 10.1 Å². The van der Waals surface area contributed by atoms with E-state index in [4.69, 9.17) is 4.74 Å². The summed E-state index contributed by atoms with van der Waals surface area (Å²) in [6.07, 6.45) is 2.91. The number of amides is 1. The van der Waals surface area contributed by atoms with Gasteiger partial charge in [-0.15, -0.1) is 0 Å². The van der Waals surface area contributed by atoms with Crippen LogP contribution < -0.4 is 5.32 Å². The summed E-state index contributed by atoms with van der Waals surface area (Å²) in [5, 5.41) is 2.40. The lowest BCUT2D eigenvalue weighted by atomic mass is 10.2. The molecular formula is C14H13N3O3. The fourth-order valence-corrected chi connectivity index (χ4v) is 1.44. The van der Waals surface area contributed by atoms with E-state index >= 15 is 0 Å². The van der Waals surface area contributed by atoms with Crippen LogP contribution in [-0.2, 0) is 16.1 Å². The Morgan fingerprint density at radius 1 is 1.05 bits per heavy atom. The van der Waals surface area contributed by atoms with E-state index in [1.807, 2.05) is 30.3 Å². The molecule has 6 heteroatoms. The Kier molecular flexibility index (Phi) is 4.77. The quantitative estimate of drug-likeness (QED) is 0.819. The third kappa shape index (κ3) is 4.16. The van der Waals surface area contributed by atoms with E-state index in [-0.39, 0.29) is 19.0 Å². The number of aromatic nitrogens is 2. The topological polar surface area (TPSA) is 81.2 Å². The Balaban J connectivity index is 1.74. The van der Waals surface area contributed by atoms with Crippen LogP contribution in [0.5, 0.6) is 0 Å². The smallest absolute Gasteiger partial charge is 0.325 e. The Hall–Kier alpha value is -2.76. The van der Waals surface area contributed by atoms with Gasteiger partial charge in [-0.1, -0.05) is 30.3 Å². The molecule has 1 amide bonds. The Morgan fingerprint density at radius 2 is 1.75 bits per heavy atom. The summed E-state index contributed by atoms with van der Waals surface area (Å²) in [6, 6.07) is 10.9. The summed E-state index contributed by atoms with van der Waals surface area (Å²) in [5.41, 5.74) is 0.888. The predicted molar refractivity (Wildman–Crippen MR) is 70.6 cm³/mol. The molecule has 0 fully saturated rings. The third-order valence-corrected chi connectivity index (χ3v) is 2.40. The Morgan fingerprint density at radius 3 is 2.45 bits per heavy atom. The molecule has 1 aromatic heterocycles. The van der Waals surface area contributed by atoms with Crippen molar-refractivity contribution in [2.45, 2.75) is 6.61 Å². The van der Waals surface area contributed by atoms with E-state index < -0.39 is 11.9 Å². The molecular weight excluding hydrogens is 258 g/mol. The number of benzene rings is 1. The minimum Gasteiger partial charge on any atom is -0.460 e. The van der Waals surface area contributed by atoms with Crippen LogP contribution in [0.3, 0.4) is 0 Å². The highest BCUT2D eigenvalue weighted by atomic mass is 16.5. The molecule has 1 aromatic carbocycles. The fraction of sp³-hybridized carbons (Fsp3) is 0.143. The molecule has 0 saturated carbocycles. The Bertz CT molecular complexity index is 573. The van der Waals surface area contributed by atoms with Gasteiger partial charge in [0.25, 0.3) is 5.91 Å². The summed E-state index contributed by atoms with van der Waals surface area (Å²) in [4.78, 5) is 30.6. The summed E-state index contributed by atoms with van der Waals surface area (Å²) in [5.74, 6) is -1.01. The lowest BCUT2D eigenvalue weighted by molar-refractivity contribution is -0.143. The highest BCUT2D eigenvalue weighted by molar-refractivity contribution is 5.92. The molecule has 20 heavy (non-hydrogen) atoms. The van der Waals surface area contributed by atoms with Gasteiger partial charge in [-0.05, 0) is 11.6 Å². The molecule has 0 aliphatic carbocycles. The molecule has 102 valence electrons. The molecule has 0 unspecified atom stereocenters. The maximum absolute atomic E-state index is 11.6. The average Bonchev–Trinajstić information content (AvgIpc) is 2.52. The highest BCUT2D eigenvalue weighted by Crippen LogP contribution is 2.00. The summed E-state index contributed by atoms with van der Waals surface area (Å²) < 4.78 is 5.02. The number of carbonyl (C=O) groups excluding carboxylic acids is 2. The highest BCUT2D eigenvalue weighted by Gasteiger charge is 2.10. The number of hydrogen-bond donors (Lipinski definition) is 1. The molecule has 1 N–H and O–H groups in total. The van der Waals surface area contributed by atoms with E-state index in [2.05, 4.69) is 15.3 Å².